The third-order valence-corrected chi connectivity index (χ3v) is 15.7. The first-order chi connectivity index (χ1) is 37.5. The smallest absolute Gasteiger partial charge is 0.391 e. The Hall–Kier alpha value is -2.06. The molecule has 0 spiro atoms. The fourth-order valence-electron chi connectivity index (χ4n) is 9.64. The Balaban J connectivity index is 3.99. The highest BCUT2D eigenvalue weighted by atomic mass is 31.2. The zero-order valence-corrected chi connectivity index (χ0v) is 52.3. The van der Waals surface area contributed by atoms with Gasteiger partial charge in [0.15, 0.2) is 0 Å². The average Bonchev–Trinajstić information content (AvgIpc) is 3.39. The van der Waals surface area contributed by atoms with Crippen LogP contribution in [-0.4, -0.2) is 73.4 Å². The number of unbranched alkanes of at least 4 members (excludes halogenated alkanes) is 35. The second-order valence-corrected chi connectivity index (χ2v) is 24.9. The van der Waals surface area contributed by atoms with Crippen LogP contribution in [0, 0.1) is 0 Å². The number of phosphoric acid groups is 1. The van der Waals surface area contributed by atoms with Crippen LogP contribution in [0.25, 0.3) is 0 Å². The number of rotatable bonds is 60. The zero-order valence-electron chi connectivity index (χ0n) is 51.4. The van der Waals surface area contributed by atoms with Gasteiger partial charge in [-0.3, -0.25) is 13.8 Å². The summed E-state index contributed by atoms with van der Waals surface area (Å²) in [5.74, 6) is -0.141. The Morgan fingerprint density at radius 1 is 0.455 bits per heavy atom. The van der Waals surface area contributed by atoms with Gasteiger partial charge in [-0.15, -0.1) is 0 Å². The molecule has 450 valence electrons. The number of nitrogens with zero attached hydrogens (tertiary/aromatic N) is 1. The molecule has 3 atom stereocenters. The summed E-state index contributed by atoms with van der Waals surface area (Å²) in [7, 11) is 1.62. The van der Waals surface area contributed by atoms with Crippen LogP contribution in [0.2, 0.25) is 0 Å². The summed E-state index contributed by atoms with van der Waals surface area (Å²) in [6, 6.07) is -0.762. The number of hydrogen-bond donors (Lipinski definition) is 3. The maximum absolute atomic E-state index is 13.0. The Morgan fingerprint density at radius 2 is 0.779 bits per heavy atom. The van der Waals surface area contributed by atoms with Crippen LogP contribution in [0.3, 0.4) is 0 Å². The molecule has 8 nitrogen and oxygen atoms in total. The number of nitrogens with one attached hydrogen (secondary N) is 1. The van der Waals surface area contributed by atoms with E-state index in [-0.39, 0.29) is 19.1 Å². The van der Waals surface area contributed by atoms with Crippen molar-refractivity contribution in [1.29, 1.82) is 0 Å². The van der Waals surface area contributed by atoms with Crippen LogP contribution in [0.1, 0.15) is 303 Å². The molecule has 0 aromatic carbocycles. The maximum Gasteiger partial charge on any atom is 0.472 e. The average molecular weight is 1100 g/mol. The largest absolute Gasteiger partial charge is 0.472 e. The molecule has 0 aromatic heterocycles. The first kappa shape index (κ1) is 74.9. The topological polar surface area (TPSA) is 105 Å². The number of hydrogen-bond acceptors (Lipinski definition) is 5. The van der Waals surface area contributed by atoms with Crippen molar-refractivity contribution in [2.75, 3.05) is 40.9 Å². The molecule has 0 saturated carbocycles. The molecular formula is C68H128N2O6P+. The van der Waals surface area contributed by atoms with Gasteiger partial charge in [0.2, 0.25) is 5.91 Å². The van der Waals surface area contributed by atoms with Crippen LogP contribution in [-0.2, 0) is 18.4 Å². The van der Waals surface area contributed by atoms with E-state index in [2.05, 4.69) is 92.1 Å². The monoisotopic (exact) mass is 1100 g/mol. The van der Waals surface area contributed by atoms with E-state index in [4.69, 9.17) is 9.05 Å². The van der Waals surface area contributed by atoms with E-state index in [1.807, 2.05) is 21.1 Å². The van der Waals surface area contributed by atoms with Crippen molar-refractivity contribution < 1.29 is 32.9 Å². The van der Waals surface area contributed by atoms with Gasteiger partial charge in [0.25, 0.3) is 0 Å². The number of carbonyl (C=O) groups is 1. The van der Waals surface area contributed by atoms with E-state index in [0.717, 1.165) is 77.0 Å². The van der Waals surface area contributed by atoms with Gasteiger partial charge in [-0.1, -0.05) is 305 Å². The van der Waals surface area contributed by atoms with E-state index in [0.29, 0.717) is 23.9 Å². The predicted octanol–water partition coefficient (Wildman–Crippen LogP) is 20.6. The molecule has 0 saturated heterocycles. The molecule has 0 bridgehead atoms. The van der Waals surface area contributed by atoms with Crippen LogP contribution in [0.5, 0.6) is 0 Å². The SMILES string of the molecule is CC/C=C\C/C=C\C/C=C\C/C=C\C/C=C\C/C=C\CCCCCCCCCCCCCCCCCCCCC(=O)NC(COP(=O)(O)OCC[N+](C)(C)C)C(O)CCCCCCCCCCCCCCCCCCCC. The van der Waals surface area contributed by atoms with E-state index in [1.54, 1.807) is 0 Å². The van der Waals surface area contributed by atoms with Gasteiger partial charge in [-0.2, -0.15) is 0 Å². The summed E-state index contributed by atoms with van der Waals surface area (Å²) >= 11 is 0. The van der Waals surface area contributed by atoms with Crippen molar-refractivity contribution in [3.8, 4) is 0 Å². The number of quaternary nitrogens is 1. The number of likely N-dealkylation sites (N-methyl/N-ethyl adjacent to an activating group) is 1. The summed E-state index contributed by atoms with van der Waals surface area (Å²) < 4.78 is 23.8. The summed E-state index contributed by atoms with van der Waals surface area (Å²) in [6.45, 7) is 4.81. The van der Waals surface area contributed by atoms with E-state index in [1.165, 1.54) is 199 Å². The van der Waals surface area contributed by atoms with Crippen molar-refractivity contribution in [1.82, 2.24) is 5.32 Å². The van der Waals surface area contributed by atoms with Crippen molar-refractivity contribution in [3.63, 3.8) is 0 Å². The van der Waals surface area contributed by atoms with E-state index >= 15 is 0 Å². The molecular weight excluding hydrogens is 972 g/mol. The Kier molecular flexibility index (Phi) is 57.0. The lowest BCUT2D eigenvalue weighted by Gasteiger charge is -2.26. The van der Waals surface area contributed by atoms with Crippen LogP contribution in [0.15, 0.2) is 72.9 Å². The predicted molar refractivity (Wildman–Crippen MR) is 337 cm³/mol. The Morgan fingerprint density at radius 3 is 1.14 bits per heavy atom. The summed E-state index contributed by atoms with van der Waals surface area (Å²) in [5, 5.41) is 14.1. The molecule has 77 heavy (non-hydrogen) atoms. The second-order valence-electron chi connectivity index (χ2n) is 23.5. The lowest BCUT2D eigenvalue weighted by Crippen LogP contribution is -2.46. The highest BCUT2D eigenvalue weighted by Gasteiger charge is 2.28. The van der Waals surface area contributed by atoms with Crippen LogP contribution in [0.4, 0.5) is 0 Å². The lowest BCUT2D eigenvalue weighted by atomic mass is 10.0. The number of phosphoric ester groups is 1. The standard InChI is InChI=1S/C68H127N2O6P/c1-6-8-10-12-14-16-18-20-22-24-26-27-28-29-30-31-32-33-34-35-36-37-38-39-40-41-42-43-44-46-48-50-52-54-56-58-60-62-68(72)69-66(65-76-77(73,74)75-64-63-70(3,4)5)67(71)61-59-57-55-53-51-49-47-45-25-23-21-19-17-15-13-11-9-7-2/h8,10,14,16,20,22,26-27,29-30,32-33,66-67,71H,6-7,9,11-13,15,17-19,21,23-25,28,31,34-65H2,1-5H3,(H-,69,72,73,74)/p+1/b10-8-,16-14-,22-20-,27-26-,30-29-,33-32-. The fraction of sp³-hybridized carbons (Fsp3) is 0.809. The normalized spacial score (nSPS) is 14.2. The molecule has 0 aliphatic carbocycles. The third kappa shape index (κ3) is 61.4. The number of carbonyl (C=O) groups excluding carboxylic acids is 1. The van der Waals surface area contributed by atoms with Gasteiger partial charge >= 0.3 is 7.82 Å². The van der Waals surface area contributed by atoms with Crippen molar-refractivity contribution in [3.05, 3.63) is 72.9 Å². The molecule has 0 radical (unpaired) electrons. The number of aliphatic hydroxyl groups excluding tert-OH is 1. The Bertz CT molecular complexity index is 1480. The minimum atomic E-state index is -4.33. The first-order valence-electron chi connectivity index (χ1n) is 32.8. The van der Waals surface area contributed by atoms with Crippen molar-refractivity contribution >= 4 is 13.7 Å². The summed E-state index contributed by atoms with van der Waals surface area (Å²) in [5.41, 5.74) is 0. The highest BCUT2D eigenvalue weighted by Crippen LogP contribution is 2.43. The molecule has 9 heteroatoms. The molecule has 1 amide bonds. The summed E-state index contributed by atoms with van der Waals surface area (Å²) in [6.07, 6.45) is 81.3. The second kappa shape index (κ2) is 58.6. The number of allylic oxidation sites excluding steroid dienone is 12. The van der Waals surface area contributed by atoms with Crippen LogP contribution >= 0.6 is 7.82 Å². The fourth-order valence-corrected chi connectivity index (χ4v) is 10.4. The van der Waals surface area contributed by atoms with E-state index in [9.17, 15) is 19.4 Å². The molecule has 0 rings (SSSR count). The molecule has 3 unspecified atom stereocenters. The van der Waals surface area contributed by atoms with Crippen molar-refractivity contribution in [2.24, 2.45) is 0 Å². The molecule has 0 aliphatic rings. The number of amides is 1. The van der Waals surface area contributed by atoms with Gasteiger partial charge < -0.3 is 19.8 Å². The highest BCUT2D eigenvalue weighted by molar-refractivity contribution is 7.47. The summed E-state index contributed by atoms with van der Waals surface area (Å²) in [4.78, 5) is 23.4. The molecule has 0 aliphatic heterocycles. The van der Waals surface area contributed by atoms with Gasteiger partial charge in [0.05, 0.1) is 39.9 Å². The van der Waals surface area contributed by atoms with Gasteiger partial charge in [-0.05, 0) is 64.2 Å². The van der Waals surface area contributed by atoms with Crippen LogP contribution < -0.4 is 5.32 Å². The van der Waals surface area contributed by atoms with Gasteiger partial charge in [0, 0.05) is 6.42 Å². The van der Waals surface area contributed by atoms with Crippen molar-refractivity contribution in [2.45, 2.75) is 315 Å². The third-order valence-electron chi connectivity index (χ3n) is 14.7. The first-order valence-corrected chi connectivity index (χ1v) is 34.3. The Labute approximate surface area is 478 Å². The number of aliphatic hydroxyl groups is 1. The minimum Gasteiger partial charge on any atom is -0.391 e. The van der Waals surface area contributed by atoms with E-state index < -0.39 is 20.0 Å². The maximum atomic E-state index is 13.0. The quantitative estimate of drug-likeness (QED) is 0.0243. The minimum absolute atomic E-state index is 0.0747. The molecule has 0 fully saturated rings. The van der Waals surface area contributed by atoms with Gasteiger partial charge in [-0.25, -0.2) is 4.57 Å². The molecule has 3 N–H and O–H groups in total. The zero-order chi connectivity index (χ0) is 56.3. The lowest BCUT2D eigenvalue weighted by molar-refractivity contribution is -0.870. The molecule has 0 heterocycles. The van der Waals surface area contributed by atoms with Gasteiger partial charge in [0.1, 0.15) is 13.2 Å². The molecule has 0 aromatic rings.